The number of ketones is 1. The molecule has 0 saturated carbocycles. The number of nitrogens with zero attached hydrogens (tertiary/aromatic N) is 2. The van der Waals surface area contributed by atoms with E-state index in [1.165, 1.54) is 21.8 Å². The van der Waals surface area contributed by atoms with Crippen LogP contribution in [0.3, 0.4) is 0 Å². The second-order valence-electron chi connectivity index (χ2n) is 8.78. The molecule has 0 aliphatic carbocycles. The van der Waals surface area contributed by atoms with E-state index >= 15 is 8.78 Å². The molecule has 1 aliphatic rings. The lowest BCUT2D eigenvalue weighted by molar-refractivity contribution is 0.0979. The van der Waals surface area contributed by atoms with Crippen LogP contribution in [-0.2, 0) is 16.6 Å². The highest BCUT2D eigenvalue weighted by Gasteiger charge is 2.40. The number of carbonyl (C=O) groups excluding carboxylic acids is 1. The molecule has 180 valence electrons. The van der Waals surface area contributed by atoms with Crippen LogP contribution in [0.15, 0.2) is 54.2 Å². The third-order valence-corrected chi connectivity index (χ3v) is 9.60. The lowest BCUT2D eigenvalue weighted by Gasteiger charge is -2.37. The molecular weight excluding hydrogens is 478 g/mol. The van der Waals surface area contributed by atoms with Gasteiger partial charge in [-0.15, -0.1) is 11.3 Å². The summed E-state index contributed by atoms with van der Waals surface area (Å²) in [6.45, 7) is 3.21. The summed E-state index contributed by atoms with van der Waals surface area (Å²) in [7, 11) is -3.77. The number of aromatic nitrogens is 1. The molecule has 2 heterocycles. The van der Waals surface area contributed by atoms with Gasteiger partial charge in [-0.25, -0.2) is 17.2 Å². The van der Waals surface area contributed by atoms with Crippen LogP contribution in [0.1, 0.15) is 70.6 Å². The van der Waals surface area contributed by atoms with E-state index in [1.54, 1.807) is 43.6 Å². The first-order valence-electron chi connectivity index (χ1n) is 11.1. The van der Waals surface area contributed by atoms with Crippen molar-refractivity contribution in [2.24, 2.45) is 0 Å². The summed E-state index contributed by atoms with van der Waals surface area (Å²) in [5, 5.41) is -0.713. The molecule has 1 aromatic heterocycles. The van der Waals surface area contributed by atoms with Gasteiger partial charge in [0.05, 0.1) is 10.4 Å². The van der Waals surface area contributed by atoms with Crippen LogP contribution in [-0.4, -0.2) is 29.5 Å². The second kappa shape index (κ2) is 10.0. The maximum absolute atomic E-state index is 15.1. The number of hydrogen-bond acceptors (Lipinski definition) is 5. The van der Waals surface area contributed by atoms with Crippen molar-refractivity contribution in [1.82, 2.24) is 9.29 Å². The molecule has 0 N–H and O–H groups in total. The Balaban J connectivity index is 1.56. The average Bonchev–Trinajstić information content (AvgIpc) is 3.34. The molecule has 3 atom stereocenters. The lowest BCUT2D eigenvalue weighted by atomic mass is 9.93. The van der Waals surface area contributed by atoms with E-state index in [9.17, 15) is 13.2 Å². The van der Waals surface area contributed by atoms with Crippen molar-refractivity contribution in [3.8, 4) is 0 Å². The number of rotatable bonds is 7. The Morgan fingerprint density at radius 3 is 2.59 bits per heavy atom. The van der Waals surface area contributed by atoms with Crippen molar-refractivity contribution in [3.63, 3.8) is 0 Å². The van der Waals surface area contributed by atoms with Gasteiger partial charge in [-0.05, 0) is 48.9 Å². The summed E-state index contributed by atoms with van der Waals surface area (Å²) in [6.07, 6.45) is 2.58. The van der Waals surface area contributed by atoms with Crippen LogP contribution >= 0.6 is 11.3 Å². The van der Waals surface area contributed by atoms with Gasteiger partial charge in [-0.3, -0.25) is 9.78 Å². The molecule has 1 fully saturated rings. The molecule has 3 aromatic rings. The molecule has 9 heteroatoms. The third-order valence-electron chi connectivity index (χ3n) is 6.42. The first kappa shape index (κ1) is 24.6. The minimum absolute atomic E-state index is 0.0219. The maximum Gasteiger partial charge on any atom is 0.221 e. The Morgan fingerprint density at radius 2 is 1.91 bits per heavy atom. The first-order valence-corrected chi connectivity index (χ1v) is 13.5. The van der Waals surface area contributed by atoms with Gasteiger partial charge in [0.25, 0.3) is 0 Å². The number of hydrogen-bond donors (Lipinski definition) is 0. The summed E-state index contributed by atoms with van der Waals surface area (Å²) in [5.74, 6) is -2.06. The van der Waals surface area contributed by atoms with E-state index < -0.39 is 32.8 Å². The zero-order chi connectivity index (χ0) is 24.5. The molecule has 34 heavy (non-hydrogen) atoms. The number of benzene rings is 2. The maximum atomic E-state index is 15.1. The summed E-state index contributed by atoms with van der Waals surface area (Å²) in [4.78, 5) is 16.7. The highest BCUT2D eigenvalue weighted by molar-refractivity contribution is 7.89. The van der Waals surface area contributed by atoms with Gasteiger partial charge in [-0.2, -0.15) is 4.31 Å². The SMILES string of the molecule is CC(CC(=O)c1cncs1)c1cc(F)c(CN2[C@H](C)CC[C@@H](c3ccccc3)S2(=O)=O)cc1F. The van der Waals surface area contributed by atoms with E-state index in [0.717, 1.165) is 12.1 Å². The van der Waals surface area contributed by atoms with Crippen molar-refractivity contribution < 1.29 is 22.0 Å². The Labute approximate surface area is 202 Å². The number of sulfonamides is 1. The van der Waals surface area contributed by atoms with Gasteiger partial charge in [0.15, 0.2) is 5.78 Å². The smallest absolute Gasteiger partial charge is 0.221 e. The Hall–Kier alpha value is -2.49. The summed E-state index contributed by atoms with van der Waals surface area (Å²) >= 11 is 1.20. The van der Waals surface area contributed by atoms with Crippen molar-refractivity contribution in [3.05, 3.63) is 87.4 Å². The Kier molecular flexibility index (Phi) is 7.25. The number of Topliss-reactive ketones (excluding diaryl/α,β-unsaturated/α-hetero) is 1. The van der Waals surface area contributed by atoms with Crippen LogP contribution in [0.2, 0.25) is 0 Å². The van der Waals surface area contributed by atoms with Crippen LogP contribution < -0.4 is 0 Å². The van der Waals surface area contributed by atoms with Crippen LogP contribution in [0.4, 0.5) is 8.78 Å². The summed E-state index contributed by atoms with van der Waals surface area (Å²) < 4.78 is 58.2. The van der Waals surface area contributed by atoms with E-state index in [4.69, 9.17) is 0 Å². The minimum atomic E-state index is -3.77. The Bertz CT molecular complexity index is 1260. The number of carbonyl (C=O) groups is 1. The van der Waals surface area contributed by atoms with Gasteiger partial charge in [0, 0.05) is 30.8 Å². The molecule has 1 unspecified atom stereocenters. The van der Waals surface area contributed by atoms with Crippen LogP contribution in [0.25, 0.3) is 0 Å². The van der Waals surface area contributed by atoms with Crippen molar-refractivity contribution in [2.45, 2.75) is 56.9 Å². The molecule has 0 amide bonds. The fraction of sp³-hybridized carbons (Fsp3) is 0.360. The zero-order valence-corrected chi connectivity index (χ0v) is 20.6. The van der Waals surface area contributed by atoms with Crippen LogP contribution in [0.5, 0.6) is 0 Å². The minimum Gasteiger partial charge on any atom is -0.293 e. The Morgan fingerprint density at radius 1 is 1.18 bits per heavy atom. The number of thiazole rings is 1. The van der Waals surface area contributed by atoms with Crippen molar-refractivity contribution in [2.75, 3.05) is 0 Å². The quantitative estimate of drug-likeness (QED) is 0.379. The highest BCUT2D eigenvalue weighted by atomic mass is 32.2. The molecule has 5 nitrogen and oxygen atoms in total. The first-order chi connectivity index (χ1) is 16.2. The second-order valence-corrected chi connectivity index (χ2v) is 11.7. The standard InChI is InChI=1S/C25H26F2N2O3S2/c1-16(10-23(30)24-13-28-15-33-24)20-12-21(26)19(11-22(20)27)14-29-17(2)8-9-25(34(29,31)32)18-6-4-3-5-7-18/h3-7,11-13,15-17,25H,8-10,14H2,1-2H3/t16?,17-,25+/m1/s1. The molecule has 2 aromatic carbocycles. The zero-order valence-electron chi connectivity index (χ0n) is 18.9. The number of halogens is 2. The van der Waals surface area contributed by atoms with Gasteiger partial charge in [0.2, 0.25) is 10.0 Å². The molecule has 0 spiro atoms. The monoisotopic (exact) mass is 504 g/mol. The molecule has 4 rings (SSSR count). The normalized spacial score (nSPS) is 21.3. The molecular formula is C25H26F2N2O3S2. The van der Waals surface area contributed by atoms with E-state index in [-0.39, 0.29) is 35.9 Å². The van der Waals surface area contributed by atoms with Gasteiger partial charge in [-0.1, -0.05) is 37.3 Å². The summed E-state index contributed by atoms with van der Waals surface area (Å²) in [5.41, 5.74) is 2.31. The summed E-state index contributed by atoms with van der Waals surface area (Å²) in [6, 6.07) is 10.8. The van der Waals surface area contributed by atoms with Gasteiger partial charge >= 0.3 is 0 Å². The van der Waals surface area contributed by atoms with Crippen molar-refractivity contribution in [1.29, 1.82) is 0 Å². The fourth-order valence-corrected chi connectivity index (χ4v) is 7.22. The molecule has 1 aliphatic heterocycles. The molecule has 0 bridgehead atoms. The predicted octanol–water partition coefficient (Wildman–Crippen LogP) is 5.85. The van der Waals surface area contributed by atoms with E-state index in [2.05, 4.69) is 4.98 Å². The molecule has 0 radical (unpaired) electrons. The molecule has 1 saturated heterocycles. The largest absolute Gasteiger partial charge is 0.293 e. The van der Waals surface area contributed by atoms with E-state index in [0.29, 0.717) is 23.3 Å². The van der Waals surface area contributed by atoms with E-state index in [1.807, 2.05) is 6.07 Å². The van der Waals surface area contributed by atoms with Crippen LogP contribution in [0, 0.1) is 11.6 Å². The topological polar surface area (TPSA) is 67.3 Å². The van der Waals surface area contributed by atoms with Gasteiger partial charge in [0.1, 0.15) is 16.9 Å². The third kappa shape index (κ3) is 4.96. The van der Waals surface area contributed by atoms with Gasteiger partial charge < -0.3 is 0 Å². The van der Waals surface area contributed by atoms with Crippen molar-refractivity contribution >= 4 is 27.1 Å². The average molecular weight is 505 g/mol. The fourth-order valence-electron chi connectivity index (χ4n) is 4.46. The lowest BCUT2D eigenvalue weighted by Crippen LogP contribution is -2.44. The predicted molar refractivity (Wildman–Crippen MR) is 128 cm³/mol. The highest BCUT2D eigenvalue weighted by Crippen LogP contribution is 2.38.